The van der Waals surface area contributed by atoms with Gasteiger partial charge in [-0.05, 0) is 43.7 Å². The molecular formula is C21H19ClN6OS. The van der Waals surface area contributed by atoms with Crippen molar-refractivity contribution in [3.8, 4) is 0 Å². The van der Waals surface area contributed by atoms with Gasteiger partial charge in [-0.15, -0.1) is 0 Å². The zero-order valence-electron chi connectivity index (χ0n) is 16.4. The molecule has 30 heavy (non-hydrogen) atoms. The molecule has 2 aromatic carbocycles. The van der Waals surface area contributed by atoms with Gasteiger partial charge in [0, 0.05) is 26.9 Å². The zero-order chi connectivity index (χ0) is 21.1. The number of fused-ring (bicyclic) bond motifs is 1. The van der Waals surface area contributed by atoms with Crippen molar-refractivity contribution in [2.24, 2.45) is 0 Å². The summed E-state index contributed by atoms with van der Waals surface area (Å²) in [4.78, 5) is 22.2. The molecule has 0 unspecified atom stereocenters. The molecule has 0 atom stereocenters. The first-order valence-electron chi connectivity index (χ1n) is 9.35. The van der Waals surface area contributed by atoms with Gasteiger partial charge < -0.3 is 10.6 Å². The number of aromatic nitrogens is 4. The van der Waals surface area contributed by atoms with Gasteiger partial charge in [-0.2, -0.15) is 14.6 Å². The molecule has 0 aliphatic rings. The van der Waals surface area contributed by atoms with Crippen molar-refractivity contribution < 1.29 is 4.79 Å². The number of urea groups is 1. The molecule has 152 valence electrons. The highest BCUT2D eigenvalue weighted by molar-refractivity contribution is 7.99. The molecule has 2 N–H and O–H groups in total. The van der Waals surface area contributed by atoms with Crippen molar-refractivity contribution in [1.82, 2.24) is 19.6 Å². The normalized spacial score (nSPS) is 10.9. The van der Waals surface area contributed by atoms with Gasteiger partial charge in [0.05, 0.1) is 5.69 Å². The molecule has 0 fully saturated rings. The van der Waals surface area contributed by atoms with Crippen molar-refractivity contribution in [2.45, 2.75) is 30.2 Å². The minimum atomic E-state index is -0.349. The predicted molar refractivity (Wildman–Crippen MR) is 120 cm³/mol. The summed E-state index contributed by atoms with van der Waals surface area (Å²) < 4.78 is 1.74. The number of para-hydroxylation sites is 1. The second-order valence-electron chi connectivity index (χ2n) is 6.49. The number of nitrogens with zero attached hydrogens (tertiary/aromatic N) is 4. The average Bonchev–Trinajstić information content (AvgIpc) is 3.17. The summed E-state index contributed by atoms with van der Waals surface area (Å²) in [5.41, 5.74) is 3.32. The van der Waals surface area contributed by atoms with Crippen LogP contribution in [0.1, 0.15) is 18.2 Å². The Labute approximate surface area is 182 Å². The Morgan fingerprint density at radius 3 is 2.80 bits per heavy atom. The second-order valence-corrected chi connectivity index (χ2v) is 7.96. The summed E-state index contributed by atoms with van der Waals surface area (Å²) in [5.74, 6) is 0.552. The van der Waals surface area contributed by atoms with Crippen LogP contribution in [0.5, 0.6) is 0 Å². The highest BCUT2D eigenvalue weighted by Gasteiger charge is 2.16. The predicted octanol–water partition coefficient (Wildman–Crippen LogP) is 5.44. The monoisotopic (exact) mass is 438 g/mol. The smallest absolute Gasteiger partial charge is 0.308 e. The summed E-state index contributed by atoms with van der Waals surface area (Å²) in [6, 6.07) is 14.3. The van der Waals surface area contributed by atoms with Crippen LogP contribution >= 0.6 is 23.4 Å². The van der Waals surface area contributed by atoms with Crippen molar-refractivity contribution in [2.75, 3.05) is 10.6 Å². The summed E-state index contributed by atoms with van der Waals surface area (Å²) in [6.45, 7) is 4.06. The molecule has 4 aromatic rings. The molecule has 0 aliphatic heterocycles. The maximum atomic E-state index is 12.5. The van der Waals surface area contributed by atoms with E-state index < -0.39 is 0 Å². The third-order valence-electron chi connectivity index (χ3n) is 4.46. The molecule has 0 radical (unpaired) electrons. The van der Waals surface area contributed by atoms with E-state index in [0.717, 1.165) is 27.6 Å². The molecular weight excluding hydrogens is 420 g/mol. The maximum absolute atomic E-state index is 12.5. The van der Waals surface area contributed by atoms with Crippen molar-refractivity contribution in [3.05, 3.63) is 71.1 Å². The lowest BCUT2D eigenvalue weighted by Crippen LogP contribution is -2.19. The lowest BCUT2D eigenvalue weighted by molar-refractivity contribution is 0.262. The number of rotatable bonds is 5. The topological polar surface area (TPSA) is 84.2 Å². The number of nitrogens with one attached hydrogen (secondary N) is 2. The summed E-state index contributed by atoms with van der Waals surface area (Å²) in [6.07, 6.45) is 2.30. The van der Waals surface area contributed by atoms with Crippen LogP contribution in [0.3, 0.4) is 0 Å². The average molecular weight is 439 g/mol. The van der Waals surface area contributed by atoms with E-state index in [1.165, 1.54) is 18.1 Å². The van der Waals surface area contributed by atoms with Gasteiger partial charge >= 0.3 is 6.03 Å². The number of amides is 2. The lowest BCUT2D eigenvalue weighted by Gasteiger charge is -2.15. The molecule has 0 aliphatic carbocycles. The van der Waals surface area contributed by atoms with Crippen LogP contribution in [0.4, 0.5) is 16.2 Å². The highest BCUT2D eigenvalue weighted by Crippen LogP contribution is 2.36. The van der Waals surface area contributed by atoms with Crippen LogP contribution < -0.4 is 10.6 Å². The van der Waals surface area contributed by atoms with Crippen LogP contribution in [-0.2, 0) is 6.42 Å². The first-order chi connectivity index (χ1) is 14.5. The summed E-state index contributed by atoms with van der Waals surface area (Å²) in [7, 11) is 0. The number of hydrogen-bond donors (Lipinski definition) is 2. The molecule has 7 nitrogen and oxygen atoms in total. The van der Waals surface area contributed by atoms with E-state index in [-0.39, 0.29) is 6.03 Å². The highest BCUT2D eigenvalue weighted by atomic mass is 35.5. The fraction of sp³-hybridized carbons (Fsp3) is 0.143. The van der Waals surface area contributed by atoms with Crippen LogP contribution in [0.2, 0.25) is 5.02 Å². The summed E-state index contributed by atoms with van der Waals surface area (Å²) >= 11 is 7.51. The fourth-order valence-electron chi connectivity index (χ4n) is 3.08. The number of aryl methyl sites for hydroxylation is 1. The van der Waals surface area contributed by atoms with Gasteiger partial charge in [-0.3, -0.25) is 0 Å². The Morgan fingerprint density at radius 2 is 2.00 bits per heavy atom. The molecule has 4 rings (SSSR count). The minimum absolute atomic E-state index is 0.349. The molecule has 9 heteroatoms. The minimum Gasteiger partial charge on any atom is -0.308 e. The van der Waals surface area contributed by atoms with Gasteiger partial charge in [-0.25, -0.2) is 9.78 Å². The van der Waals surface area contributed by atoms with E-state index in [1.807, 2.05) is 31.2 Å². The van der Waals surface area contributed by atoms with E-state index >= 15 is 0 Å². The SMILES string of the molecule is CCc1c(C)nc2ncnn2c1Sc1ccccc1NC(=O)Nc1cccc(Cl)c1. The number of benzene rings is 2. The van der Waals surface area contributed by atoms with Gasteiger partial charge in [0.15, 0.2) is 0 Å². The van der Waals surface area contributed by atoms with E-state index in [0.29, 0.717) is 22.2 Å². The van der Waals surface area contributed by atoms with E-state index in [1.54, 1.807) is 28.8 Å². The molecule has 2 aromatic heterocycles. The van der Waals surface area contributed by atoms with Crippen molar-refractivity contribution in [3.63, 3.8) is 0 Å². The van der Waals surface area contributed by atoms with Crippen LogP contribution in [0.15, 0.2) is 64.8 Å². The Bertz CT molecular complexity index is 1230. The quantitative estimate of drug-likeness (QED) is 0.405. The Morgan fingerprint density at radius 1 is 1.17 bits per heavy atom. The number of carbonyl (C=O) groups excluding carboxylic acids is 1. The molecule has 0 spiro atoms. The van der Waals surface area contributed by atoms with E-state index in [2.05, 4.69) is 32.6 Å². The standard InChI is InChI=1S/C21H19ClN6OS/c1-3-16-13(2)25-20-23-12-24-28(20)19(16)30-18-10-5-4-9-17(18)27-21(29)26-15-8-6-7-14(22)11-15/h4-12H,3H2,1-2H3,(H2,26,27,29). The largest absolute Gasteiger partial charge is 0.323 e. The maximum Gasteiger partial charge on any atom is 0.323 e. The van der Waals surface area contributed by atoms with Gasteiger partial charge in [0.1, 0.15) is 11.4 Å². The van der Waals surface area contributed by atoms with Crippen LogP contribution in [-0.4, -0.2) is 25.6 Å². The first kappa shape index (κ1) is 20.2. The van der Waals surface area contributed by atoms with E-state index in [4.69, 9.17) is 11.6 Å². The van der Waals surface area contributed by atoms with Crippen LogP contribution in [0, 0.1) is 6.92 Å². The Kier molecular flexibility index (Phi) is 5.87. The number of anilines is 2. The summed E-state index contributed by atoms with van der Waals surface area (Å²) in [5, 5.41) is 11.5. The molecule has 0 saturated heterocycles. The van der Waals surface area contributed by atoms with Gasteiger partial charge in [0.25, 0.3) is 5.78 Å². The number of carbonyl (C=O) groups is 1. The number of hydrogen-bond acceptors (Lipinski definition) is 5. The Hall–Kier alpha value is -3.10. The van der Waals surface area contributed by atoms with Gasteiger partial charge in [0.2, 0.25) is 0 Å². The van der Waals surface area contributed by atoms with Crippen molar-refractivity contribution >= 4 is 46.5 Å². The van der Waals surface area contributed by atoms with Gasteiger partial charge in [-0.1, -0.05) is 48.5 Å². The third-order valence-corrected chi connectivity index (χ3v) is 5.89. The molecule has 0 saturated carbocycles. The fourth-order valence-corrected chi connectivity index (χ4v) is 4.49. The van der Waals surface area contributed by atoms with Crippen LogP contribution in [0.25, 0.3) is 5.78 Å². The zero-order valence-corrected chi connectivity index (χ0v) is 18.0. The molecule has 2 heterocycles. The first-order valence-corrected chi connectivity index (χ1v) is 10.5. The third kappa shape index (κ3) is 4.24. The van der Waals surface area contributed by atoms with Crippen molar-refractivity contribution in [1.29, 1.82) is 0 Å². The molecule has 2 amide bonds. The number of halogens is 1. The second kappa shape index (κ2) is 8.73. The molecule has 0 bridgehead atoms. The lowest BCUT2D eigenvalue weighted by atomic mass is 10.2. The van der Waals surface area contributed by atoms with E-state index in [9.17, 15) is 4.79 Å². The Balaban J connectivity index is 1.62.